The summed E-state index contributed by atoms with van der Waals surface area (Å²) < 4.78 is 38.2. The highest BCUT2D eigenvalue weighted by Gasteiger charge is 2.45. The predicted molar refractivity (Wildman–Crippen MR) is 299 cm³/mol. The van der Waals surface area contributed by atoms with Crippen LogP contribution in [0.1, 0.15) is 262 Å². The topological polar surface area (TPSA) is 75.6 Å². The molecule has 0 saturated heterocycles. The monoisotopic (exact) mass is 993 g/mol. The van der Waals surface area contributed by atoms with Crippen molar-refractivity contribution in [1.29, 1.82) is 0 Å². The van der Waals surface area contributed by atoms with Crippen molar-refractivity contribution in [2.75, 3.05) is 46.8 Å². The van der Waals surface area contributed by atoms with E-state index in [-0.39, 0.29) is 6.61 Å². The van der Waals surface area contributed by atoms with E-state index in [1.54, 1.807) is 7.11 Å². The van der Waals surface area contributed by atoms with E-state index in [0.29, 0.717) is 64.6 Å². The van der Waals surface area contributed by atoms with Gasteiger partial charge in [0, 0.05) is 32.5 Å². The van der Waals surface area contributed by atoms with Crippen LogP contribution < -0.4 is 14.2 Å². The van der Waals surface area contributed by atoms with Gasteiger partial charge in [0.25, 0.3) is 0 Å². The van der Waals surface area contributed by atoms with Crippen LogP contribution in [0.4, 0.5) is 0 Å². The SMILES string of the molecule is COCCCCCCCCCCCOc1c(OCCCCCCCCCCCO[Si](C(C)C)(C(C)C)C(C)C)ccc(CO)c1OCCCCCCCCCCCO[Si](C(C)C)(C(C)C)C(C)C. The molecule has 0 unspecified atom stereocenters. The van der Waals surface area contributed by atoms with Gasteiger partial charge in [0.15, 0.2) is 28.1 Å². The zero-order valence-electron chi connectivity index (χ0n) is 47.6. The maximum Gasteiger partial charge on any atom is 0.203 e. The van der Waals surface area contributed by atoms with Crippen molar-refractivity contribution in [3.8, 4) is 17.2 Å². The molecule has 0 aliphatic rings. The van der Waals surface area contributed by atoms with Gasteiger partial charge < -0.3 is 32.9 Å². The number of benzene rings is 1. The van der Waals surface area contributed by atoms with E-state index in [2.05, 4.69) is 83.1 Å². The van der Waals surface area contributed by atoms with E-state index in [9.17, 15) is 5.11 Å². The maximum atomic E-state index is 10.4. The second-order valence-electron chi connectivity index (χ2n) is 22.5. The lowest BCUT2D eigenvalue weighted by Gasteiger charge is -2.42. The summed E-state index contributed by atoms with van der Waals surface area (Å²) in [6.45, 7) is 33.2. The van der Waals surface area contributed by atoms with Crippen LogP contribution in [0, 0.1) is 0 Å². The molecule has 1 aromatic rings. The van der Waals surface area contributed by atoms with Crippen LogP contribution >= 0.6 is 0 Å². The van der Waals surface area contributed by atoms with Gasteiger partial charge in [0.05, 0.1) is 26.4 Å². The van der Waals surface area contributed by atoms with Gasteiger partial charge in [0.1, 0.15) is 0 Å². The molecule has 0 aliphatic heterocycles. The molecule has 0 aliphatic carbocycles. The second-order valence-corrected chi connectivity index (χ2v) is 33.4. The lowest BCUT2D eigenvalue weighted by molar-refractivity contribution is 0.192. The first-order chi connectivity index (χ1) is 32.7. The Bertz CT molecular complexity index is 1260. The average Bonchev–Trinajstić information content (AvgIpc) is 3.29. The minimum atomic E-state index is -1.74. The maximum absolute atomic E-state index is 10.4. The molecule has 9 heteroatoms. The molecule has 1 aromatic carbocycles. The number of aliphatic hydroxyl groups is 1. The van der Waals surface area contributed by atoms with Gasteiger partial charge in [0.2, 0.25) is 5.75 Å². The Kier molecular flexibility index (Phi) is 38.5. The number of hydrogen-bond donors (Lipinski definition) is 1. The van der Waals surface area contributed by atoms with Crippen LogP contribution in [0.3, 0.4) is 0 Å². The highest BCUT2D eigenvalue weighted by atomic mass is 28.4. The quantitative estimate of drug-likeness (QED) is 0.0515. The van der Waals surface area contributed by atoms with Gasteiger partial charge >= 0.3 is 0 Å². The van der Waals surface area contributed by atoms with Crippen molar-refractivity contribution in [1.82, 2.24) is 0 Å². The average molecular weight is 994 g/mol. The first-order valence-electron chi connectivity index (χ1n) is 29.2. The molecular formula is C59H116O7Si2. The summed E-state index contributed by atoms with van der Waals surface area (Å²) in [5, 5.41) is 10.4. The van der Waals surface area contributed by atoms with Gasteiger partial charge in [-0.25, -0.2) is 0 Å². The number of methoxy groups -OCH3 is 1. The van der Waals surface area contributed by atoms with Crippen molar-refractivity contribution < 1.29 is 32.9 Å². The summed E-state index contributed by atoms with van der Waals surface area (Å²) in [5.41, 5.74) is 4.73. The van der Waals surface area contributed by atoms with Crippen molar-refractivity contribution in [2.24, 2.45) is 0 Å². The third-order valence-electron chi connectivity index (χ3n) is 15.3. The van der Waals surface area contributed by atoms with E-state index in [1.165, 1.54) is 141 Å². The van der Waals surface area contributed by atoms with E-state index in [4.69, 9.17) is 27.8 Å². The van der Waals surface area contributed by atoms with Crippen LogP contribution in [-0.4, -0.2) is 68.5 Å². The summed E-state index contributed by atoms with van der Waals surface area (Å²) >= 11 is 0. The molecular weight excluding hydrogens is 877 g/mol. The highest BCUT2D eigenvalue weighted by molar-refractivity contribution is 6.78. The van der Waals surface area contributed by atoms with Crippen molar-refractivity contribution in [2.45, 2.75) is 296 Å². The van der Waals surface area contributed by atoms with E-state index in [0.717, 1.165) is 63.2 Å². The van der Waals surface area contributed by atoms with Crippen molar-refractivity contribution in [3.05, 3.63) is 17.7 Å². The Balaban J connectivity index is 2.55. The molecule has 0 radical (unpaired) electrons. The molecule has 1 rings (SSSR count). The molecule has 0 bridgehead atoms. The molecule has 68 heavy (non-hydrogen) atoms. The van der Waals surface area contributed by atoms with Gasteiger partial charge in [-0.3, -0.25) is 0 Å². The van der Waals surface area contributed by atoms with Crippen LogP contribution in [-0.2, 0) is 20.2 Å². The Hall–Kier alpha value is -1.11. The Morgan fingerprint density at radius 1 is 0.338 bits per heavy atom. The summed E-state index contributed by atoms with van der Waals surface area (Å²) in [5.74, 6) is 2.10. The molecule has 0 spiro atoms. The molecule has 402 valence electrons. The minimum Gasteiger partial charge on any atom is -0.490 e. The van der Waals surface area contributed by atoms with E-state index >= 15 is 0 Å². The van der Waals surface area contributed by atoms with Gasteiger partial charge in [-0.05, 0) is 83.9 Å². The summed E-state index contributed by atoms with van der Waals surface area (Å²) in [7, 11) is -1.69. The molecule has 0 aromatic heterocycles. The number of aliphatic hydroxyl groups excluding tert-OH is 1. The van der Waals surface area contributed by atoms with Crippen LogP contribution in [0.5, 0.6) is 17.2 Å². The molecule has 0 heterocycles. The van der Waals surface area contributed by atoms with E-state index < -0.39 is 16.6 Å². The fourth-order valence-corrected chi connectivity index (χ4v) is 22.6. The Morgan fingerprint density at radius 3 is 0.897 bits per heavy atom. The Labute approximate surface area is 425 Å². The second kappa shape index (κ2) is 40.4. The number of hydrogen-bond acceptors (Lipinski definition) is 7. The smallest absolute Gasteiger partial charge is 0.203 e. The lowest BCUT2D eigenvalue weighted by atomic mass is 10.1. The highest BCUT2D eigenvalue weighted by Crippen LogP contribution is 2.44. The molecule has 0 amide bonds. The van der Waals surface area contributed by atoms with Crippen LogP contribution in [0.2, 0.25) is 33.2 Å². The molecule has 1 N–H and O–H groups in total. The standard InChI is InChI=1S/C59H116O7Si2/c1-50(2)67(51(3)4,52(5)6)65-47-39-33-27-21-15-18-24-30-36-44-62-57-42-41-56(49-60)58(59(57)64-46-38-32-26-19-14-17-23-29-35-43-61-13)63-45-37-31-25-20-16-22-28-34-40-48-66-68(53(7)8,54(9)10)55(11)12/h41-42,50-55,60H,14-40,43-49H2,1-13H3. The summed E-state index contributed by atoms with van der Waals surface area (Å²) in [4.78, 5) is 0. The fourth-order valence-electron chi connectivity index (χ4n) is 11.6. The Morgan fingerprint density at radius 2 is 0.603 bits per heavy atom. The molecule has 7 nitrogen and oxygen atoms in total. The van der Waals surface area contributed by atoms with Gasteiger partial charge in [-0.15, -0.1) is 0 Å². The number of unbranched alkanes of at least 4 members (excludes halogenated alkanes) is 24. The normalized spacial score (nSPS) is 12.6. The predicted octanol–water partition coefficient (Wildman–Crippen LogP) is 18.9. The number of rotatable bonds is 48. The van der Waals surface area contributed by atoms with Crippen molar-refractivity contribution in [3.63, 3.8) is 0 Å². The van der Waals surface area contributed by atoms with E-state index in [1.807, 2.05) is 12.1 Å². The zero-order valence-corrected chi connectivity index (χ0v) is 49.6. The summed E-state index contributed by atoms with van der Waals surface area (Å²) in [6, 6.07) is 3.94. The lowest BCUT2D eigenvalue weighted by Crippen LogP contribution is -2.47. The number of ether oxygens (including phenoxy) is 4. The summed E-state index contributed by atoms with van der Waals surface area (Å²) in [6.07, 6.45) is 33.3. The zero-order chi connectivity index (χ0) is 50.5. The third kappa shape index (κ3) is 25.5. The largest absolute Gasteiger partial charge is 0.490 e. The molecule has 0 fully saturated rings. The van der Waals surface area contributed by atoms with Crippen LogP contribution in [0.25, 0.3) is 0 Å². The minimum absolute atomic E-state index is 0.0794. The first-order valence-corrected chi connectivity index (χ1v) is 33.4. The van der Waals surface area contributed by atoms with Gasteiger partial charge in [-0.2, -0.15) is 0 Å². The van der Waals surface area contributed by atoms with Gasteiger partial charge in [-0.1, -0.05) is 218 Å². The van der Waals surface area contributed by atoms with Crippen molar-refractivity contribution >= 4 is 16.6 Å². The fraction of sp³-hybridized carbons (Fsp3) is 0.898. The molecule has 0 saturated carbocycles. The third-order valence-corrected chi connectivity index (χ3v) is 27.5. The molecule has 0 atom stereocenters. The van der Waals surface area contributed by atoms with Crippen LogP contribution in [0.15, 0.2) is 12.1 Å². The first kappa shape index (κ1) is 64.9.